The van der Waals surface area contributed by atoms with E-state index in [1.807, 2.05) is 6.08 Å². The predicted molar refractivity (Wildman–Crippen MR) is 338 cm³/mol. The van der Waals surface area contributed by atoms with E-state index in [0.717, 1.165) is 89.9 Å². The zero-order valence-electron chi connectivity index (χ0n) is 52.4. The third-order valence-electron chi connectivity index (χ3n) is 15.9. The molecule has 8 unspecified atom stereocenters. The summed E-state index contributed by atoms with van der Waals surface area (Å²) < 4.78 is 17.6. The van der Waals surface area contributed by atoms with Crippen LogP contribution in [0.3, 0.4) is 0 Å². The van der Waals surface area contributed by atoms with Crippen LogP contribution in [0.1, 0.15) is 310 Å². The first kappa shape index (κ1) is 76.4. The number of aliphatic hydroxyl groups is 5. The van der Waals surface area contributed by atoms with E-state index < -0.39 is 67.4 Å². The minimum absolute atomic E-state index is 0.102. The number of amides is 1. The first-order chi connectivity index (χ1) is 39.7. The molecule has 1 aliphatic heterocycles. The maximum atomic E-state index is 13.5. The fourth-order valence-electron chi connectivity index (χ4n) is 10.5. The Morgan fingerprint density at radius 2 is 0.852 bits per heavy atom. The predicted octanol–water partition coefficient (Wildman–Crippen LogP) is 17.0. The summed E-state index contributed by atoms with van der Waals surface area (Å²) in [6, 6.07) is -1.03. The van der Waals surface area contributed by atoms with E-state index in [-0.39, 0.29) is 13.0 Å². The van der Waals surface area contributed by atoms with Gasteiger partial charge < -0.3 is 45.1 Å². The van der Waals surface area contributed by atoms with Crippen molar-refractivity contribution in [3.63, 3.8) is 0 Å². The molecular weight excluding hydrogens is 1010 g/mol. The summed E-state index contributed by atoms with van der Waals surface area (Å²) in [6.07, 6.45) is 62.6. The van der Waals surface area contributed by atoms with Gasteiger partial charge in [0.05, 0.1) is 25.4 Å². The molecule has 0 radical (unpaired) electrons. The van der Waals surface area contributed by atoms with Crippen molar-refractivity contribution in [2.24, 2.45) is 0 Å². The second-order valence-corrected chi connectivity index (χ2v) is 23.6. The molecule has 1 heterocycles. The molecule has 1 fully saturated rings. The summed E-state index contributed by atoms with van der Waals surface area (Å²) in [7, 11) is 0. The molecule has 8 atom stereocenters. The van der Waals surface area contributed by atoms with Gasteiger partial charge in [0.2, 0.25) is 5.91 Å². The highest BCUT2D eigenvalue weighted by molar-refractivity contribution is 5.80. The van der Waals surface area contributed by atoms with Crippen LogP contribution in [0.2, 0.25) is 0 Å². The van der Waals surface area contributed by atoms with Crippen LogP contribution in [0.5, 0.6) is 0 Å². The lowest BCUT2D eigenvalue weighted by atomic mass is 9.99. The molecule has 11 heteroatoms. The van der Waals surface area contributed by atoms with Crippen LogP contribution in [0, 0.1) is 0 Å². The SMILES string of the molecule is CCCCC/C=C\C/C=C\C/C=C\C/C=C\CCCCCCCC(=O)OC1C(OCC(NC(=O)C(O)CCCCCCCCCCCCCCCCCCCCCC)C(O)/C=C/CCCCCCCCCCC)OC(CO)C(O)C1O. The highest BCUT2D eigenvalue weighted by Crippen LogP contribution is 2.26. The smallest absolute Gasteiger partial charge is 0.306 e. The molecule has 6 N–H and O–H groups in total. The fourth-order valence-corrected chi connectivity index (χ4v) is 10.5. The summed E-state index contributed by atoms with van der Waals surface area (Å²) in [4.78, 5) is 26.6. The summed E-state index contributed by atoms with van der Waals surface area (Å²) >= 11 is 0. The lowest BCUT2D eigenvalue weighted by Crippen LogP contribution is -2.61. The van der Waals surface area contributed by atoms with Crippen LogP contribution in [0.25, 0.3) is 0 Å². The van der Waals surface area contributed by atoms with Crippen LogP contribution in [-0.4, -0.2) is 99.6 Å². The van der Waals surface area contributed by atoms with Crippen LogP contribution in [-0.2, 0) is 23.8 Å². The highest BCUT2D eigenvalue weighted by Gasteiger charge is 2.47. The Labute approximate surface area is 497 Å². The number of aliphatic hydroxyl groups excluding tert-OH is 5. The van der Waals surface area contributed by atoms with Crippen molar-refractivity contribution in [3.05, 3.63) is 60.8 Å². The normalized spacial score (nSPS) is 19.0. The Balaban J connectivity index is 2.61. The van der Waals surface area contributed by atoms with Crippen molar-refractivity contribution in [3.8, 4) is 0 Å². The summed E-state index contributed by atoms with van der Waals surface area (Å²) in [5.74, 6) is -1.20. The lowest BCUT2D eigenvalue weighted by Gasteiger charge is -2.41. The Bertz CT molecular complexity index is 1550. The molecule has 472 valence electrons. The first-order valence-corrected chi connectivity index (χ1v) is 34.1. The van der Waals surface area contributed by atoms with Crippen molar-refractivity contribution in [1.29, 1.82) is 0 Å². The Kier molecular flexibility index (Phi) is 54.5. The molecule has 0 aromatic rings. The average Bonchev–Trinajstić information content (AvgIpc) is 3.50. The van der Waals surface area contributed by atoms with Crippen molar-refractivity contribution < 1.29 is 49.3 Å². The van der Waals surface area contributed by atoms with Gasteiger partial charge in [-0.3, -0.25) is 9.59 Å². The third kappa shape index (κ3) is 45.4. The topological polar surface area (TPSA) is 175 Å². The van der Waals surface area contributed by atoms with E-state index in [4.69, 9.17) is 14.2 Å². The largest absolute Gasteiger partial charge is 0.454 e. The van der Waals surface area contributed by atoms with Crippen LogP contribution in [0.15, 0.2) is 60.8 Å². The number of nitrogens with one attached hydrogen (secondary N) is 1. The lowest BCUT2D eigenvalue weighted by molar-refractivity contribution is -0.305. The number of ether oxygens (including phenoxy) is 3. The number of hydrogen-bond donors (Lipinski definition) is 6. The Hall–Kier alpha value is -2.64. The highest BCUT2D eigenvalue weighted by atomic mass is 16.7. The van der Waals surface area contributed by atoms with Gasteiger partial charge in [0.15, 0.2) is 12.4 Å². The number of hydrogen-bond acceptors (Lipinski definition) is 10. The van der Waals surface area contributed by atoms with Gasteiger partial charge in [-0.2, -0.15) is 0 Å². The second kappa shape index (κ2) is 57.8. The number of allylic oxidation sites excluding steroid dienone is 9. The molecular formula is C70H127NO10. The number of carbonyl (C=O) groups is 2. The number of rotatable bonds is 58. The van der Waals surface area contributed by atoms with E-state index >= 15 is 0 Å². The van der Waals surface area contributed by atoms with Crippen molar-refractivity contribution >= 4 is 11.9 Å². The van der Waals surface area contributed by atoms with Gasteiger partial charge >= 0.3 is 5.97 Å². The van der Waals surface area contributed by atoms with E-state index in [2.05, 4.69) is 74.7 Å². The van der Waals surface area contributed by atoms with Gasteiger partial charge in [0.25, 0.3) is 0 Å². The van der Waals surface area contributed by atoms with Gasteiger partial charge in [-0.1, -0.05) is 293 Å². The maximum Gasteiger partial charge on any atom is 0.306 e. The molecule has 0 aliphatic carbocycles. The molecule has 11 nitrogen and oxygen atoms in total. The standard InChI is InChI=1S/C70H127NO10/c1-4-7-10-13-16-19-22-24-26-28-30-32-34-36-38-40-43-46-49-52-55-58-65(75)81-68-67(77)66(76)64(59-72)80-70(68)79-60-61(62(73)56-53-50-47-44-41-21-18-15-12-9-6-3)71-69(78)63(74)57-54-51-48-45-42-39-37-35-33-31-29-27-25-23-20-17-14-11-8-5-2/h16,19,24,26,30,32,36,38,53,56,61-64,66-68,70,72-74,76-77H,4-15,17-18,20-23,25,27-29,31,33-35,37,39-52,54-55,57-60H2,1-3H3,(H,71,78)/b19-16-,26-24-,32-30-,38-36-,56-53+. The van der Waals surface area contributed by atoms with Gasteiger partial charge in [-0.15, -0.1) is 0 Å². The summed E-state index contributed by atoms with van der Waals surface area (Å²) in [5.41, 5.74) is 0. The summed E-state index contributed by atoms with van der Waals surface area (Å²) in [6.45, 7) is 5.78. The van der Waals surface area contributed by atoms with Gasteiger partial charge in [-0.25, -0.2) is 0 Å². The zero-order valence-corrected chi connectivity index (χ0v) is 52.4. The molecule has 0 bridgehead atoms. The average molecular weight is 1140 g/mol. The van der Waals surface area contributed by atoms with Crippen molar-refractivity contribution in [1.82, 2.24) is 5.32 Å². The number of carbonyl (C=O) groups excluding carboxylic acids is 2. The zero-order chi connectivity index (χ0) is 58.9. The number of unbranched alkanes of at least 4 members (excludes halogenated alkanes) is 36. The van der Waals surface area contributed by atoms with Crippen LogP contribution in [0.4, 0.5) is 0 Å². The first-order valence-electron chi connectivity index (χ1n) is 34.1. The molecule has 0 saturated carbocycles. The van der Waals surface area contributed by atoms with Crippen LogP contribution < -0.4 is 5.32 Å². The van der Waals surface area contributed by atoms with Crippen molar-refractivity contribution in [2.75, 3.05) is 13.2 Å². The Morgan fingerprint density at radius 3 is 1.30 bits per heavy atom. The molecule has 0 aromatic carbocycles. The monoisotopic (exact) mass is 1140 g/mol. The molecule has 1 amide bonds. The molecule has 81 heavy (non-hydrogen) atoms. The maximum absolute atomic E-state index is 13.5. The third-order valence-corrected chi connectivity index (χ3v) is 15.9. The van der Waals surface area contributed by atoms with E-state index in [9.17, 15) is 35.1 Å². The van der Waals surface area contributed by atoms with E-state index in [1.165, 1.54) is 173 Å². The molecule has 0 spiro atoms. The molecule has 1 saturated heterocycles. The van der Waals surface area contributed by atoms with Crippen molar-refractivity contribution in [2.45, 2.75) is 359 Å². The quantitative estimate of drug-likeness (QED) is 0.0195. The minimum atomic E-state index is -1.62. The fraction of sp³-hybridized carbons (Fsp3) is 0.829. The van der Waals surface area contributed by atoms with E-state index in [1.54, 1.807) is 6.08 Å². The van der Waals surface area contributed by atoms with Gasteiger partial charge in [-0.05, 0) is 70.6 Å². The molecule has 0 aromatic heterocycles. The van der Waals surface area contributed by atoms with Gasteiger partial charge in [0.1, 0.15) is 24.4 Å². The second-order valence-electron chi connectivity index (χ2n) is 23.6. The van der Waals surface area contributed by atoms with E-state index in [0.29, 0.717) is 19.3 Å². The molecule has 1 rings (SSSR count). The minimum Gasteiger partial charge on any atom is -0.454 e. The summed E-state index contributed by atoms with van der Waals surface area (Å²) in [5, 5.41) is 57.1. The van der Waals surface area contributed by atoms with Crippen LogP contribution >= 0.6 is 0 Å². The molecule has 1 aliphatic rings. The Morgan fingerprint density at radius 1 is 0.481 bits per heavy atom. The van der Waals surface area contributed by atoms with Gasteiger partial charge in [0, 0.05) is 6.42 Å². The number of esters is 1.